The number of benzene rings is 2. The average molecular weight is 264 g/mol. The third kappa shape index (κ3) is 3.63. The molecule has 3 heteroatoms. The lowest BCUT2D eigenvalue weighted by Crippen LogP contribution is -2.38. The van der Waals surface area contributed by atoms with Crippen LogP contribution in [-0.4, -0.2) is 12.6 Å². The van der Waals surface area contributed by atoms with E-state index in [2.05, 4.69) is 16.6 Å². The molecule has 2 amide bonds. The highest BCUT2D eigenvalue weighted by Gasteiger charge is 2.15. The highest BCUT2D eigenvalue weighted by Crippen LogP contribution is 2.21. The Morgan fingerprint density at radius 1 is 1.00 bits per heavy atom. The quantitative estimate of drug-likeness (QED) is 0.819. The van der Waals surface area contributed by atoms with Crippen LogP contribution < -0.4 is 10.6 Å². The van der Waals surface area contributed by atoms with Gasteiger partial charge in [-0.3, -0.25) is 0 Å². The molecule has 3 nitrogen and oxygen atoms in total. The first-order valence-electron chi connectivity index (χ1n) is 6.39. The minimum Gasteiger partial charge on any atom is -0.327 e. The first kappa shape index (κ1) is 13.7. The van der Waals surface area contributed by atoms with Crippen molar-refractivity contribution in [2.75, 3.05) is 6.54 Å². The maximum atomic E-state index is 11.8. The predicted molar refractivity (Wildman–Crippen MR) is 80.1 cm³/mol. The zero-order chi connectivity index (χ0) is 14.2. The number of amides is 2. The Kier molecular flexibility index (Phi) is 4.80. The Hall–Kier alpha value is -2.73. The second-order valence-corrected chi connectivity index (χ2v) is 4.29. The molecule has 20 heavy (non-hydrogen) atoms. The van der Waals surface area contributed by atoms with Crippen LogP contribution in [-0.2, 0) is 0 Å². The van der Waals surface area contributed by atoms with Crippen molar-refractivity contribution in [2.45, 2.75) is 6.04 Å². The van der Waals surface area contributed by atoms with Crippen molar-refractivity contribution >= 4 is 6.03 Å². The monoisotopic (exact) mass is 264 g/mol. The summed E-state index contributed by atoms with van der Waals surface area (Å²) in [6, 6.07) is 19.2. The smallest absolute Gasteiger partial charge is 0.316 e. The van der Waals surface area contributed by atoms with E-state index in [1.54, 1.807) is 0 Å². The largest absolute Gasteiger partial charge is 0.327 e. The SMILES string of the molecule is C#CCNC(=O)NC(c1ccccc1)c1ccccc1. The number of terminal acetylenes is 1. The lowest BCUT2D eigenvalue weighted by atomic mass is 9.99. The van der Waals surface area contributed by atoms with Crippen molar-refractivity contribution in [3.05, 3.63) is 71.8 Å². The molecule has 0 heterocycles. The number of hydrogen-bond acceptors (Lipinski definition) is 1. The molecule has 0 aliphatic heterocycles. The summed E-state index contributed by atoms with van der Waals surface area (Å²) in [6.07, 6.45) is 5.14. The molecule has 0 radical (unpaired) electrons. The Morgan fingerprint density at radius 3 is 1.95 bits per heavy atom. The van der Waals surface area contributed by atoms with Crippen molar-refractivity contribution in [3.8, 4) is 12.3 Å². The highest BCUT2D eigenvalue weighted by atomic mass is 16.2. The number of nitrogens with one attached hydrogen (secondary N) is 2. The number of hydrogen-bond donors (Lipinski definition) is 2. The molecule has 0 aromatic heterocycles. The fourth-order valence-electron chi connectivity index (χ4n) is 1.96. The predicted octanol–water partition coefficient (Wildman–Crippen LogP) is 2.71. The Morgan fingerprint density at radius 2 is 1.50 bits per heavy atom. The number of carbonyl (C=O) groups excluding carboxylic acids is 1. The maximum absolute atomic E-state index is 11.8. The van der Waals surface area contributed by atoms with Gasteiger partial charge in [-0.1, -0.05) is 66.6 Å². The summed E-state index contributed by atoms with van der Waals surface area (Å²) >= 11 is 0. The van der Waals surface area contributed by atoms with Gasteiger partial charge in [0, 0.05) is 0 Å². The summed E-state index contributed by atoms with van der Waals surface area (Å²) < 4.78 is 0. The summed E-state index contributed by atoms with van der Waals surface area (Å²) in [5.74, 6) is 2.38. The minimum absolute atomic E-state index is 0.199. The van der Waals surface area contributed by atoms with E-state index < -0.39 is 0 Å². The van der Waals surface area contributed by atoms with E-state index in [9.17, 15) is 4.79 Å². The van der Waals surface area contributed by atoms with Crippen LogP contribution in [0.5, 0.6) is 0 Å². The molecule has 0 atom stereocenters. The van der Waals surface area contributed by atoms with E-state index in [1.807, 2.05) is 60.7 Å². The fourth-order valence-corrected chi connectivity index (χ4v) is 1.96. The van der Waals surface area contributed by atoms with Gasteiger partial charge in [0.1, 0.15) is 0 Å². The Bertz CT molecular complexity index is 548. The van der Waals surface area contributed by atoms with Crippen LogP contribution in [0.25, 0.3) is 0 Å². The van der Waals surface area contributed by atoms with Crippen LogP contribution in [0, 0.1) is 12.3 Å². The van der Waals surface area contributed by atoms with Gasteiger partial charge in [0.2, 0.25) is 0 Å². The molecular formula is C17H16N2O. The second kappa shape index (κ2) is 7.01. The zero-order valence-electron chi connectivity index (χ0n) is 11.0. The van der Waals surface area contributed by atoms with Crippen molar-refractivity contribution in [3.63, 3.8) is 0 Å². The second-order valence-electron chi connectivity index (χ2n) is 4.29. The normalized spacial score (nSPS) is 9.80. The summed E-state index contributed by atoms with van der Waals surface area (Å²) in [5.41, 5.74) is 2.05. The first-order valence-corrected chi connectivity index (χ1v) is 6.39. The molecule has 0 fully saturated rings. The molecule has 2 N–H and O–H groups in total. The summed E-state index contributed by atoms with van der Waals surface area (Å²) in [5, 5.41) is 5.55. The summed E-state index contributed by atoms with van der Waals surface area (Å²) in [7, 11) is 0. The van der Waals surface area contributed by atoms with Crippen LogP contribution in [0.2, 0.25) is 0 Å². The van der Waals surface area contributed by atoms with Crippen molar-refractivity contribution in [1.82, 2.24) is 10.6 Å². The van der Waals surface area contributed by atoms with Crippen LogP contribution in [0.1, 0.15) is 17.2 Å². The van der Waals surface area contributed by atoms with E-state index >= 15 is 0 Å². The number of rotatable bonds is 4. The topological polar surface area (TPSA) is 41.1 Å². The molecular weight excluding hydrogens is 248 g/mol. The Balaban J connectivity index is 2.22. The van der Waals surface area contributed by atoms with E-state index in [1.165, 1.54) is 0 Å². The average Bonchev–Trinajstić information content (AvgIpc) is 2.52. The van der Waals surface area contributed by atoms with Crippen molar-refractivity contribution in [2.24, 2.45) is 0 Å². The molecule has 0 aliphatic rings. The van der Waals surface area contributed by atoms with Gasteiger partial charge in [-0.05, 0) is 11.1 Å². The lowest BCUT2D eigenvalue weighted by molar-refractivity contribution is 0.240. The van der Waals surface area contributed by atoms with Gasteiger partial charge < -0.3 is 10.6 Å². The van der Waals surface area contributed by atoms with E-state index in [0.717, 1.165) is 11.1 Å². The third-order valence-corrected chi connectivity index (χ3v) is 2.89. The number of carbonyl (C=O) groups is 1. The van der Waals surface area contributed by atoms with Gasteiger partial charge >= 0.3 is 6.03 Å². The molecule has 2 aromatic rings. The molecule has 100 valence electrons. The van der Waals surface area contributed by atoms with Crippen LogP contribution in [0.3, 0.4) is 0 Å². The molecule has 0 unspecified atom stereocenters. The molecule has 0 bridgehead atoms. The van der Waals surface area contributed by atoms with Crippen molar-refractivity contribution < 1.29 is 4.79 Å². The van der Waals surface area contributed by atoms with E-state index in [-0.39, 0.29) is 18.6 Å². The molecule has 0 spiro atoms. The maximum Gasteiger partial charge on any atom is 0.316 e. The molecule has 2 aromatic carbocycles. The van der Waals surface area contributed by atoms with Gasteiger partial charge in [-0.15, -0.1) is 6.42 Å². The lowest BCUT2D eigenvalue weighted by Gasteiger charge is -2.19. The fraction of sp³-hybridized carbons (Fsp3) is 0.118. The Labute approximate surface area is 119 Å². The first-order chi connectivity index (χ1) is 9.81. The van der Waals surface area contributed by atoms with Crippen LogP contribution >= 0.6 is 0 Å². The van der Waals surface area contributed by atoms with E-state index in [4.69, 9.17) is 6.42 Å². The minimum atomic E-state index is -0.277. The van der Waals surface area contributed by atoms with Crippen LogP contribution in [0.4, 0.5) is 4.79 Å². The molecule has 0 saturated heterocycles. The van der Waals surface area contributed by atoms with Gasteiger partial charge in [-0.25, -0.2) is 4.79 Å². The number of urea groups is 1. The standard InChI is InChI=1S/C17H16N2O/c1-2-13-18-17(20)19-16(14-9-5-3-6-10-14)15-11-7-4-8-12-15/h1,3-12,16H,13H2,(H2,18,19,20). The van der Waals surface area contributed by atoms with Crippen molar-refractivity contribution in [1.29, 1.82) is 0 Å². The highest BCUT2D eigenvalue weighted by molar-refractivity contribution is 5.75. The third-order valence-electron chi connectivity index (χ3n) is 2.89. The zero-order valence-corrected chi connectivity index (χ0v) is 11.0. The van der Waals surface area contributed by atoms with Gasteiger partial charge in [0.25, 0.3) is 0 Å². The van der Waals surface area contributed by atoms with Gasteiger partial charge in [0.05, 0.1) is 12.6 Å². The summed E-state index contributed by atoms with van der Waals surface area (Å²) in [6.45, 7) is 0.210. The summed E-state index contributed by atoms with van der Waals surface area (Å²) in [4.78, 5) is 11.8. The van der Waals surface area contributed by atoms with Gasteiger partial charge in [0.15, 0.2) is 0 Å². The molecule has 2 rings (SSSR count). The molecule has 0 saturated carbocycles. The molecule has 0 aliphatic carbocycles. The van der Waals surface area contributed by atoms with E-state index in [0.29, 0.717) is 0 Å². The van der Waals surface area contributed by atoms with Gasteiger partial charge in [-0.2, -0.15) is 0 Å². The van der Waals surface area contributed by atoms with Crippen LogP contribution in [0.15, 0.2) is 60.7 Å².